The third-order valence-electron chi connectivity index (χ3n) is 6.46. The molecule has 1 spiro atoms. The monoisotopic (exact) mass is 452 g/mol. The molecule has 4 rings (SSSR count). The van der Waals surface area contributed by atoms with Gasteiger partial charge in [-0.05, 0) is 32.8 Å². The highest BCUT2D eigenvalue weighted by atomic mass is 35.5. The maximum Gasteiger partial charge on any atom is 0.225 e. The Morgan fingerprint density at radius 1 is 1.23 bits per heavy atom. The van der Waals surface area contributed by atoms with Crippen molar-refractivity contribution in [2.24, 2.45) is 11.1 Å². The number of aryl methyl sites for hydroxylation is 1. The molecule has 2 aliphatic rings. The van der Waals surface area contributed by atoms with Crippen molar-refractivity contribution in [1.29, 1.82) is 0 Å². The average Bonchev–Trinajstić information content (AvgIpc) is 2.99. The van der Waals surface area contributed by atoms with Crippen LogP contribution in [0.4, 0.5) is 5.95 Å². The van der Waals surface area contributed by atoms with Crippen molar-refractivity contribution in [3.05, 3.63) is 39.6 Å². The second kappa shape index (κ2) is 8.22. The first kappa shape index (κ1) is 21.7. The summed E-state index contributed by atoms with van der Waals surface area (Å²) in [6.45, 7) is 5.95. The Kier molecular flexibility index (Phi) is 5.96. The third kappa shape index (κ3) is 3.68. The minimum absolute atomic E-state index is 0.0153. The highest BCUT2D eigenvalue weighted by molar-refractivity contribution is 6.43. The van der Waals surface area contributed by atoms with Crippen LogP contribution in [0.1, 0.15) is 37.4 Å². The molecule has 2 aliphatic heterocycles. The van der Waals surface area contributed by atoms with Gasteiger partial charge in [0.15, 0.2) is 6.29 Å². The first-order valence-corrected chi connectivity index (χ1v) is 10.8. The van der Waals surface area contributed by atoms with Crippen molar-refractivity contribution >= 4 is 29.2 Å². The van der Waals surface area contributed by atoms with Crippen LogP contribution in [0.3, 0.4) is 0 Å². The Labute approximate surface area is 185 Å². The number of halogens is 2. The van der Waals surface area contributed by atoms with Gasteiger partial charge in [0.25, 0.3) is 0 Å². The van der Waals surface area contributed by atoms with Crippen molar-refractivity contribution in [1.82, 2.24) is 9.97 Å². The molecule has 4 N–H and O–H groups in total. The Bertz CT molecular complexity index is 948. The van der Waals surface area contributed by atoms with E-state index in [0.717, 1.165) is 25.9 Å². The lowest BCUT2D eigenvalue weighted by atomic mass is 9.73. The molecule has 7 nitrogen and oxygen atoms in total. The van der Waals surface area contributed by atoms with Gasteiger partial charge in [0, 0.05) is 35.7 Å². The van der Waals surface area contributed by atoms with E-state index in [4.69, 9.17) is 33.7 Å². The van der Waals surface area contributed by atoms with Crippen LogP contribution >= 0.6 is 23.2 Å². The molecule has 3 heterocycles. The fourth-order valence-electron chi connectivity index (χ4n) is 4.56. The summed E-state index contributed by atoms with van der Waals surface area (Å²) in [5, 5.41) is 20.8. The largest absolute Gasteiger partial charge is 0.376 e. The van der Waals surface area contributed by atoms with Gasteiger partial charge >= 0.3 is 0 Å². The number of hydrogen-bond acceptors (Lipinski definition) is 7. The van der Waals surface area contributed by atoms with Gasteiger partial charge in [-0.2, -0.15) is 0 Å². The molecule has 2 aromatic rings. The maximum atomic E-state index is 10.0. The zero-order valence-corrected chi connectivity index (χ0v) is 18.5. The van der Waals surface area contributed by atoms with E-state index in [1.165, 1.54) is 0 Å². The topological polar surface area (TPSA) is 105 Å². The number of rotatable bonds is 3. The third-order valence-corrected chi connectivity index (χ3v) is 7.28. The van der Waals surface area contributed by atoms with Crippen molar-refractivity contribution in [2.75, 3.05) is 24.6 Å². The zero-order chi connectivity index (χ0) is 21.6. The summed E-state index contributed by atoms with van der Waals surface area (Å²) in [5.41, 5.74) is 8.15. The number of hydrogen-bond donors (Lipinski definition) is 3. The van der Waals surface area contributed by atoms with Crippen LogP contribution < -0.4 is 10.6 Å². The van der Waals surface area contributed by atoms with Crippen molar-refractivity contribution in [2.45, 2.75) is 45.1 Å². The van der Waals surface area contributed by atoms with Gasteiger partial charge in [-0.25, -0.2) is 9.97 Å². The van der Waals surface area contributed by atoms with Crippen molar-refractivity contribution in [3.63, 3.8) is 0 Å². The molecule has 162 valence electrons. The molecule has 1 aromatic carbocycles. The first-order valence-electron chi connectivity index (χ1n) is 10.0. The highest BCUT2D eigenvalue weighted by Crippen LogP contribution is 2.42. The van der Waals surface area contributed by atoms with E-state index >= 15 is 0 Å². The van der Waals surface area contributed by atoms with E-state index in [1.54, 1.807) is 25.1 Å². The fourth-order valence-corrected chi connectivity index (χ4v) is 4.96. The van der Waals surface area contributed by atoms with Crippen LogP contribution in [-0.4, -0.2) is 52.0 Å². The van der Waals surface area contributed by atoms with Gasteiger partial charge in [0.1, 0.15) is 5.69 Å². The Hall–Kier alpha value is -1.48. The molecule has 2 fully saturated rings. The lowest BCUT2D eigenvalue weighted by Gasteiger charge is -2.41. The van der Waals surface area contributed by atoms with Crippen LogP contribution in [0.25, 0.3) is 11.1 Å². The Morgan fingerprint density at radius 2 is 1.93 bits per heavy atom. The summed E-state index contributed by atoms with van der Waals surface area (Å²) in [5.74, 6) is 0.466. The second-order valence-electron chi connectivity index (χ2n) is 8.24. The number of nitrogens with two attached hydrogens (primary N) is 1. The van der Waals surface area contributed by atoms with E-state index in [1.807, 2.05) is 6.92 Å². The van der Waals surface area contributed by atoms with E-state index in [9.17, 15) is 10.2 Å². The van der Waals surface area contributed by atoms with Crippen LogP contribution in [0, 0.1) is 12.3 Å². The minimum atomic E-state index is -1.77. The second-order valence-corrected chi connectivity index (χ2v) is 9.02. The maximum absolute atomic E-state index is 10.0. The summed E-state index contributed by atoms with van der Waals surface area (Å²) in [6.07, 6.45) is 0.0385. The van der Waals surface area contributed by atoms with Crippen molar-refractivity contribution < 1.29 is 14.9 Å². The molecular weight excluding hydrogens is 427 g/mol. The van der Waals surface area contributed by atoms with E-state index in [2.05, 4.69) is 14.9 Å². The van der Waals surface area contributed by atoms with Gasteiger partial charge < -0.3 is 25.6 Å². The van der Waals surface area contributed by atoms with Gasteiger partial charge in [0.05, 0.1) is 28.5 Å². The standard InChI is InChI=1S/C21H26Cl2N4O3/c1-11-15(13-4-3-5-14(22)16(13)23)17(19(28)29)26-20(25-11)27-8-6-21(7-9-27)10-30-12(2)18(21)24/h3-5,12,18-19,28-29H,6-10,24H2,1-2H3/t12-,18+/m0/s1. The van der Waals surface area contributed by atoms with E-state index in [-0.39, 0.29) is 23.3 Å². The average molecular weight is 453 g/mol. The highest BCUT2D eigenvalue weighted by Gasteiger charge is 2.47. The molecule has 30 heavy (non-hydrogen) atoms. The molecule has 0 amide bonds. The Morgan fingerprint density at radius 3 is 2.53 bits per heavy atom. The summed E-state index contributed by atoms with van der Waals surface area (Å²) in [4.78, 5) is 11.2. The number of aliphatic hydroxyl groups excluding tert-OH is 1. The summed E-state index contributed by atoms with van der Waals surface area (Å²) in [7, 11) is 0. The molecule has 0 unspecified atom stereocenters. The molecule has 0 saturated carbocycles. The SMILES string of the molecule is Cc1nc(N2CCC3(CC2)CO[C@@H](C)[C@H]3N)nc(C(O)O)c1-c1cccc(Cl)c1Cl. The number of anilines is 1. The predicted molar refractivity (Wildman–Crippen MR) is 117 cm³/mol. The molecular formula is C21H26Cl2N4O3. The zero-order valence-electron chi connectivity index (χ0n) is 17.0. The molecule has 2 saturated heterocycles. The van der Waals surface area contributed by atoms with Crippen molar-refractivity contribution in [3.8, 4) is 11.1 Å². The predicted octanol–water partition coefficient (Wildman–Crippen LogP) is 3.07. The van der Waals surface area contributed by atoms with Gasteiger partial charge in [-0.1, -0.05) is 35.3 Å². The summed E-state index contributed by atoms with van der Waals surface area (Å²) < 4.78 is 5.79. The van der Waals surface area contributed by atoms with Gasteiger partial charge in [0.2, 0.25) is 5.95 Å². The molecule has 0 radical (unpaired) electrons. The van der Waals surface area contributed by atoms with Gasteiger partial charge in [-0.15, -0.1) is 0 Å². The van der Waals surface area contributed by atoms with E-state index < -0.39 is 6.29 Å². The molecule has 9 heteroatoms. The number of ether oxygens (including phenoxy) is 1. The van der Waals surface area contributed by atoms with Crippen LogP contribution in [-0.2, 0) is 4.74 Å². The normalized spacial score (nSPS) is 23.5. The quantitative estimate of drug-likeness (QED) is 0.614. The summed E-state index contributed by atoms with van der Waals surface area (Å²) >= 11 is 12.5. The molecule has 0 bridgehead atoms. The van der Waals surface area contributed by atoms with Crippen LogP contribution in [0.2, 0.25) is 10.0 Å². The number of piperidine rings is 1. The minimum Gasteiger partial charge on any atom is -0.376 e. The Balaban J connectivity index is 1.66. The smallest absolute Gasteiger partial charge is 0.225 e. The first-order chi connectivity index (χ1) is 14.2. The number of benzene rings is 1. The fraction of sp³-hybridized carbons (Fsp3) is 0.524. The number of nitrogens with zero attached hydrogens (tertiary/aromatic N) is 3. The lowest BCUT2D eigenvalue weighted by molar-refractivity contribution is -0.0454. The van der Waals surface area contributed by atoms with E-state index in [0.29, 0.717) is 39.4 Å². The molecule has 1 aromatic heterocycles. The summed E-state index contributed by atoms with van der Waals surface area (Å²) in [6, 6.07) is 5.21. The lowest BCUT2D eigenvalue weighted by Crippen LogP contribution is -2.51. The van der Waals surface area contributed by atoms with Crippen LogP contribution in [0.5, 0.6) is 0 Å². The number of aliphatic hydroxyl groups is 2. The van der Waals surface area contributed by atoms with Gasteiger partial charge in [-0.3, -0.25) is 0 Å². The molecule has 0 aliphatic carbocycles. The molecule has 2 atom stereocenters. The van der Waals surface area contributed by atoms with Crippen LogP contribution in [0.15, 0.2) is 18.2 Å². The number of aromatic nitrogens is 2.